The average molecular weight is 250 g/mol. The second-order valence-electron chi connectivity index (χ2n) is 3.33. The van der Waals surface area contributed by atoms with Crippen molar-refractivity contribution in [2.75, 3.05) is 19.3 Å². The fraction of sp³-hybridized carbons (Fsp3) is 0.778. The van der Waals surface area contributed by atoms with E-state index < -0.39 is 18.1 Å². The number of urea groups is 1. The number of rotatable bonds is 7. The van der Waals surface area contributed by atoms with Crippen LogP contribution >= 0.6 is 11.8 Å². The second kappa shape index (κ2) is 8.23. The standard InChI is InChI=1S/C9H18N2O4S/c1-6(16-2)3-4-10-9(15)11-5-7(12)8(13)14/h6-7,12H,3-5H2,1-2H3,(H,13,14)(H2,10,11,15). The van der Waals surface area contributed by atoms with E-state index in [4.69, 9.17) is 10.2 Å². The van der Waals surface area contributed by atoms with Gasteiger partial charge in [0.2, 0.25) is 0 Å². The van der Waals surface area contributed by atoms with Crippen molar-refractivity contribution < 1.29 is 19.8 Å². The van der Waals surface area contributed by atoms with Crippen molar-refractivity contribution in [2.24, 2.45) is 0 Å². The lowest BCUT2D eigenvalue weighted by molar-refractivity contribution is -0.146. The molecule has 7 heteroatoms. The quantitative estimate of drug-likeness (QED) is 0.504. The number of amides is 2. The van der Waals surface area contributed by atoms with Crippen molar-refractivity contribution in [1.29, 1.82) is 0 Å². The number of carboxylic acids is 1. The van der Waals surface area contributed by atoms with Crippen LogP contribution in [0.3, 0.4) is 0 Å². The molecule has 6 nitrogen and oxygen atoms in total. The van der Waals surface area contributed by atoms with E-state index in [9.17, 15) is 9.59 Å². The molecule has 16 heavy (non-hydrogen) atoms. The molecule has 0 aliphatic rings. The zero-order valence-electron chi connectivity index (χ0n) is 9.40. The highest BCUT2D eigenvalue weighted by Crippen LogP contribution is 2.07. The third-order valence-corrected chi connectivity index (χ3v) is 3.02. The Morgan fingerprint density at radius 1 is 1.38 bits per heavy atom. The minimum Gasteiger partial charge on any atom is -0.479 e. The highest BCUT2D eigenvalue weighted by molar-refractivity contribution is 7.99. The van der Waals surface area contributed by atoms with Gasteiger partial charge in [0, 0.05) is 11.8 Å². The van der Waals surface area contributed by atoms with E-state index >= 15 is 0 Å². The van der Waals surface area contributed by atoms with E-state index in [0.29, 0.717) is 11.8 Å². The van der Waals surface area contributed by atoms with Gasteiger partial charge in [0.25, 0.3) is 0 Å². The lowest BCUT2D eigenvalue weighted by atomic mass is 10.3. The van der Waals surface area contributed by atoms with E-state index in [1.807, 2.05) is 6.26 Å². The Morgan fingerprint density at radius 2 is 2.00 bits per heavy atom. The first-order valence-corrected chi connectivity index (χ1v) is 6.21. The lowest BCUT2D eigenvalue weighted by Gasteiger charge is -2.11. The number of thioether (sulfide) groups is 1. The molecule has 0 aromatic heterocycles. The first-order chi connectivity index (χ1) is 7.47. The molecule has 2 unspecified atom stereocenters. The molecule has 0 radical (unpaired) electrons. The van der Waals surface area contributed by atoms with Crippen molar-refractivity contribution in [2.45, 2.75) is 24.7 Å². The Balaban J connectivity index is 3.56. The zero-order valence-corrected chi connectivity index (χ0v) is 10.2. The number of carbonyl (C=O) groups is 2. The van der Waals surface area contributed by atoms with Gasteiger partial charge in [-0.05, 0) is 12.7 Å². The number of aliphatic hydroxyl groups is 1. The molecule has 94 valence electrons. The van der Waals surface area contributed by atoms with Gasteiger partial charge >= 0.3 is 12.0 Å². The number of hydrogen-bond donors (Lipinski definition) is 4. The zero-order chi connectivity index (χ0) is 12.6. The number of carbonyl (C=O) groups excluding carboxylic acids is 1. The van der Waals surface area contributed by atoms with Gasteiger partial charge in [0.05, 0.1) is 6.54 Å². The number of aliphatic hydroxyl groups excluding tert-OH is 1. The van der Waals surface area contributed by atoms with Gasteiger partial charge in [-0.2, -0.15) is 11.8 Å². The van der Waals surface area contributed by atoms with Crippen LogP contribution in [0.2, 0.25) is 0 Å². The molecule has 0 aromatic rings. The predicted molar refractivity (Wildman–Crippen MR) is 62.6 cm³/mol. The van der Waals surface area contributed by atoms with Gasteiger partial charge in [0.15, 0.2) is 6.10 Å². The third-order valence-electron chi connectivity index (χ3n) is 1.98. The summed E-state index contributed by atoms with van der Waals surface area (Å²) in [5.41, 5.74) is 0. The molecule has 4 N–H and O–H groups in total. The number of hydrogen-bond acceptors (Lipinski definition) is 4. The van der Waals surface area contributed by atoms with Gasteiger partial charge in [-0.3, -0.25) is 0 Å². The molecule has 0 heterocycles. The maximum absolute atomic E-state index is 11.1. The van der Waals surface area contributed by atoms with Crippen LogP contribution in [0.25, 0.3) is 0 Å². The van der Waals surface area contributed by atoms with E-state index in [-0.39, 0.29) is 6.54 Å². The van der Waals surface area contributed by atoms with Crippen LogP contribution in [-0.2, 0) is 4.79 Å². The van der Waals surface area contributed by atoms with E-state index in [1.54, 1.807) is 11.8 Å². The van der Waals surface area contributed by atoms with Gasteiger partial charge in [0.1, 0.15) is 0 Å². The average Bonchev–Trinajstić information content (AvgIpc) is 2.25. The molecule has 0 saturated carbocycles. The van der Waals surface area contributed by atoms with Gasteiger partial charge in [-0.15, -0.1) is 0 Å². The van der Waals surface area contributed by atoms with Gasteiger partial charge < -0.3 is 20.8 Å². The summed E-state index contributed by atoms with van der Waals surface area (Å²) < 4.78 is 0. The first kappa shape index (κ1) is 15.0. The Hall–Kier alpha value is -0.950. The Morgan fingerprint density at radius 3 is 2.50 bits per heavy atom. The van der Waals surface area contributed by atoms with Crippen LogP contribution in [0.4, 0.5) is 4.79 Å². The van der Waals surface area contributed by atoms with Crippen LogP contribution in [0.1, 0.15) is 13.3 Å². The molecular formula is C9H18N2O4S. The molecule has 2 amide bonds. The highest BCUT2D eigenvalue weighted by atomic mass is 32.2. The lowest BCUT2D eigenvalue weighted by Crippen LogP contribution is -2.42. The molecule has 0 aliphatic carbocycles. The van der Waals surface area contributed by atoms with Crippen molar-refractivity contribution >= 4 is 23.8 Å². The van der Waals surface area contributed by atoms with E-state index in [2.05, 4.69) is 17.6 Å². The van der Waals surface area contributed by atoms with Crippen molar-refractivity contribution in [3.63, 3.8) is 0 Å². The topological polar surface area (TPSA) is 98.7 Å². The van der Waals surface area contributed by atoms with E-state index in [0.717, 1.165) is 6.42 Å². The molecule has 2 atom stereocenters. The Bertz CT molecular complexity index is 238. The SMILES string of the molecule is CSC(C)CCNC(=O)NCC(O)C(=O)O. The van der Waals surface area contributed by atoms with Crippen LogP contribution in [0.5, 0.6) is 0 Å². The Labute approximate surface area is 98.8 Å². The van der Waals surface area contributed by atoms with Crippen molar-refractivity contribution in [3.8, 4) is 0 Å². The molecular weight excluding hydrogens is 232 g/mol. The summed E-state index contributed by atoms with van der Waals surface area (Å²) in [6.45, 7) is 2.29. The minimum atomic E-state index is -1.56. The fourth-order valence-corrected chi connectivity index (χ4v) is 1.20. The maximum Gasteiger partial charge on any atom is 0.334 e. The van der Waals surface area contributed by atoms with Crippen LogP contribution in [0, 0.1) is 0 Å². The first-order valence-electron chi connectivity index (χ1n) is 4.92. The normalized spacial score (nSPS) is 13.9. The largest absolute Gasteiger partial charge is 0.479 e. The molecule has 0 bridgehead atoms. The Kier molecular flexibility index (Phi) is 7.74. The van der Waals surface area contributed by atoms with Gasteiger partial charge in [-0.25, -0.2) is 9.59 Å². The summed E-state index contributed by atoms with van der Waals surface area (Å²) >= 11 is 1.71. The van der Waals surface area contributed by atoms with Crippen molar-refractivity contribution in [1.82, 2.24) is 10.6 Å². The molecule has 0 saturated heterocycles. The van der Waals surface area contributed by atoms with Crippen LogP contribution < -0.4 is 10.6 Å². The summed E-state index contributed by atoms with van der Waals surface area (Å²) in [4.78, 5) is 21.3. The summed E-state index contributed by atoms with van der Waals surface area (Å²) in [6, 6.07) is -0.464. The van der Waals surface area contributed by atoms with Crippen molar-refractivity contribution in [3.05, 3.63) is 0 Å². The van der Waals surface area contributed by atoms with E-state index in [1.165, 1.54) is 0 Å². The number of carboxylic acid groups (broad SMARTS) is 1. The smallest absolute Gasteiger partial charge is 0.334 e. The highest BCUT2D eigenvalue weighted by Gasteiger charge is 2.13. The second-order valence-corrected chi connectivity index (χ2v) is 4.60. The molecule has 0 aliphatic heterocycles. The molecule has 0 aromatic carbocycles. The maximum atomic E-state index is 11.1. The summed E-state index contributed by atoms with van der Waals surface area (Å²) in [6.07, 6.45) is 1.28. The number of nitrogens with one attached hydrogen (secondary N) is 2. The summed E-state index contributed by atoms with van der Waals surface area (Å²) in [5, 5.41) is 22.5. The van der Waals surface area contributed by atoms with Crippen LogP contribution in [-0.4, -0.2) is 52.9 Å². The monoisotopic (exact) mass is 250 g/mol. The molecule has 0 spiro atoms. The number of aliphatic carboxylic acids is 1. The fourth-order valence-electron chi connectivity index (χ4n) is 0.846. The predicted octanol–water partition coefficient (Wildman–Crippen LogP) is -0.127. The summed E-state index contributed by atoms with van der Waals surface area (Å²) in [7, 11) is 0. The van der Waals surface area contributed by atoms with Crippen LogP contribution in [0.15, 0.2) is 0 Å². The summed E-state index contributed by atoms with van der Waals surface area (Å²) in [5.74, 6) is -1.35. The molecule has 0 fully saturated rings. The molecule has 0 rings (SSSR count). The minimum absolute atomic E-state index is 0.292. The third kappa shape index (κ3) is 7.36. The van der Waals surface area contributed by atoms with Gasteiger partial charge in [-0.1, -0.05) is 6.92 Å².